The van der Waals surface area contributed by atoms with Crippen LogP contribution in [0.15, 0.2) is 53.5 Å². The van der Waals surface area contributed by atoms with Crippen molar-refractivity contribution in [3.63, 3.8) is 0 Å². The SMILES string of the molecule is CCNC(=NCc1cccc(OC)c1)NCCOc1cccc(OC)c1. The third kappa shape index (κ3) is 6.55. The molecule has 140 valence electrons. The van der Waals surface area contributed by atoms with Crippen molar-refractivity contribution >= 4 is 5.96 Å². The van der Waals surface area contributed by atoms with Crippen LogP contribution in [0.25, 0.3) is 0 Å². The van der Waals surface area contributed by atoms with Gasteiger partial charge in [-0.2, -0.15) is 0 Å². The van der Waals surface area contributed by atoms with Crippen LogP contribution in [0.1, 0.15) is 12.5 Å². The minimum absolute atomic E-state index is 0.525. The summed E-state index contributed by atoms with van der Waals surface area (Å²) in [5.41, 5.74) is 1.09. The Balaban J connectivity index is 1.82. The molecule has 0 spiro atoms. The summed E-state index contributed by atoms with van der Waals surface area (Å²) >= 11 is 0. The highest BCUT2D eigenvalue weighted by atomic mass is 16.5. The molecule has 0 radical (unpaired) electrons. The van der Waals surface area contributed by atoms with E-state index in [1.165, 1.54) is 0 Å². The van der Waals surface area contributed by atoms with Gasteiger partial charge in [0.15, 0.2) is 5.96 Å². The molecule has 0 heterocycles. The van der Waals surface area contributed by atoms with Gasteiger partial charge < -0.3 is 24.8 Å². The summed E-state index contributed by atoms with van der Waals surface area (Å²) in [6.45, 7) is 4.57. The van der Waals surface area contributed by atoms with Crippen LogP contribution in [0.5, 0.6) is 17.2 Å². The average Bonchev–Trinajstić information content (AvgIpc) is 2.69. The first-order valence-corrected chi connectivity index (χ1v) is 8.67. The molecule has 0 saturated heterocycles. The molecular weight excluding hydrogens is 330 g/mol. The molecule has 26 heavy (non-hydrogen) atoms. The molecule has 0 aromatic heterocycles. The van der Waals surface area contributed by atoms with Gasteiger partial charge >= 0.3 is 0 Å². The summed E-state index contributed by atoms with van der Waals surface area (Å²) in [7, 11) is 3.30. The van der Waals surface area contributed by atoms with Crippen molar-refractivity contribution in [3.05, 3.63) is 54.1 Å². The largest absolute Gasteiger partial charge is 0.497 e. The topological polar surface area (TPSA) is 64.1 Å². The smallest absolute Gasteiger partial charge is 0.191 e. The Kier molecular flexibility index (Phi) is 8.12. The third-order valence-electron chi connectivity index (χ3n) is 3.60. The van der Waals surface area contributed by atoms with Crippen LogP contribution in [0, 0.1) is 0 Å². The fraction of sp³-hybridized carbons (Fsp3) is 0.350. The number of hydrogen-bond donors (Lipinski definition) is 2. The van der Waals surface area contributed by atoms with E-state index in [-0.39, 0.29) is 0 Å². The second kappa shape index (κ2) is 10.9. The zero-order valence-electron chi connectivity index (χ0n) is 15.6. The van der Waals surface area contributed by atoms with Gasteiger partial charge in [0.2, 0.25) is 0 Å². The number of nitrogens with zero attached hydrogens (tertiary/aromatic N) is 1. The number of benzene rings is 2. The van der Waals surface area contributed by atoms with Crippen LogP contribution in [0.3, 0.4) is 0 Å². The Hall–Kier alpha value is -2.89. The van der Waals surface area contributed by atoms with E-state index >= 15 is 0 Å². The Morgan fingerprint density at radius 2 is 1.62 bits per heavy atom. The van der Waals surface area contributed by atoms with Crippen LogP contribution in [0.4, 0.5) is 0 Å². The normalized spacial score (nSPS) is 11.0. The standard InChI is InChI=1S/C20H27N3O3/c1-4-21-20(23-15-16-7-5-8-17(13-16)24-2)22-11-12-26-19-10-6-9-18(14-19)25-3/h5-10,13-14H,4,11-12,15H2,1-3H3,(H2,21,22,23). The Labute approximate surface area is 155 Å². The summed E-state index contributed by atoms with van der Waals surface area (Å²) in [6, 6.07) is 15.5. The van der Waals surface area contributed by atoms with Gasteiger partial charge in [-0.25, -0.2) is 4.99 Å². The fourth-order valence-electron chi connectivity index (χ4n) is 2.31. The second-order valence-corrected chi connectivity index (χ2v) is 5.50. The lowest BCUT2D eigenvalue weighted by Gasteiger charge is -2.12. The molecule has 0 bridgehead atoms. The van der Waals surface area contributed by atoms with E-state index in [0.29, 0.717) is 19.7 Å². The second-order valence-electron chi connectivity index (χ2n) is 5.50. The maximum absolute atomic E-state index is 5.73. The van der Waals surface area contributed by atoms with Crippen molar-refractivity contribution in [2.45, 2.75) is 13.5 Å². The number of guanidine groups is 1. The van der Waals surface area contributed by atoms with E-state index in [1.807, 2.05) is 55.5 Å². The van der Waals surface area contributed by atoms with Gasteiger partial charge in [-0.05, 0) is 36.8 Å². The lowest BCUT2D eigenvalue weighted by atomic mass is 10.2. The van der Waals surface area contributed by atoms with Crippen molar-refractivity contribution in [1.29, 1.82) is 0 Å². The highest BCUT2D eigenvalue weighted by Gasteiger charge is 2.00. The molecule has 2 N–H and O–H groups in total. The lowest BCUT2D eigenvalue weighted by Crippen LogP contribution is -2.39. The summed E-state index contributed by atoms with van der Waals surface area (Å²) in [4.78, 5) is 4.59. The molecule has 0 fully saturated rings. The molecule has 0 saturated carbocycles. The van der Waals surface area contributed by atoms with E-state index in [4.69, 9.17) is 14.2 Å². The molecule has 2 rings (SSSR count). The molecule has 0 aliphatic carbocycles. The van der Waals surface area contributed by atoms with E-state index < -0.39 is 0 Å². The first-order valence-electron chi connectivity index (χ1n) is 8.67. The molecule has 0 aliphatic heterocycles. The number of methoxy groups -OCH3 is 2. The minimum Gasteiger partial charge on any atom is -0.497 e. The first kappa shape index (κ1) is 19.4. The maximum atomic E-state index is 5.73. The molecule has 0 aliphatic rings. The first-order chi connectivity index (χ1) is 12.7. The summed E-state index contributed by atoms with van der Waals surface area (Å²) in [5.74, 6) is 3.15. The number of nitrogens with one attached hydrogen (secondary N) is 2. The predicted molar refractivity (Wildman–Crippen MR) is 104 cm³/mol. The minimum atomic E-state index is 0.525. The van der Waals surface area contributed by atoms with Crippen molar-refractivity contribution < 1.29 is 14.2 Å². The predicted octanol–water partition coefficient (Wildman–Crippen LogP) is 2.84. The van der Waals surface area contributed by atoms with Crippen LogP contribution in [0.2, 0.25) is 0 Å². The molecule has 0 atom stereocenters. The molecule has 0 unspecified atom stereocenters. The molecule has 6 heteroatoms. The molecule has 2 aromatic rings. The fourth-order valence-corrected chi connectivity index (χ4v) is 2.31. The van der Waals surface area contributed by atoms with E-state index in [9.17, 15) is 0 Å². The highest BCUT2D eigenvalue weighted by Crippen LogP contribution is 2.18. The van der Waals surface area contributed by atoms with Crippen LogP contribution >= 0.6 is 0 Å². The molecule has 0 amide bonds. The number of ether oxygens (including phenoxy) is 3. The van der Waals surface area contributed by atoms with E-state index in [1.54, 1.807) is 14.2 Å². The molecular formula is C20H27N3O3. The van der Waals surface area contributed by atoms with Crippen LogP contribution < -0.4 is 24.8 Å². The highest BCUT2D eigenvalue weighted by molar-refractivity contribution is 5.79. The van der Waals surface area contributed by atoms with Gasteiger partial charge in [-0.15, -0.1) is 0 Å². The van der Waals surface area contributed by atoms with Crippen LogP contribution in [-0.2, 0) is 6.54 Å². The summed E-state index contributed by atoms with van der Waals surface area (Å²) < 4.78 is 16.2. The Bertz CT molecular complexity index is 704. The number of aliphatic imine (C=N–C) groups is 1. The van der Waals surface area contributed by atoms with Crippen LogP contribution in [-0.4, -0.2) is 39.9 Å². The Morgan fingerprint density at radius 1 is 0.923 bits per heavy atom. The molecule has 6 nitrogen and oxygen atoms in total. The number of rotatable bonds is 9. The van der Waals surface area contributed by atoms with E-state index in [2.05, 4.69) is 15.6 Å². The van der Waals surface area contributed by atoms with Gasteiger partial charge in [-0.3, -0.25) is 0 Å². The zero-order valence-corrected chi connectivity index (χ0v) is 15.6. The lowest BCUT2D eigenvalue weighted by molar-refractivity contribution is 0.319. The van der Waals surface area contributed by atoms with Crippen molar-refractivity contribution in [2.75, 3.05) is 33.9 Å². The van der Waals surface area contributed by atoms with Gasteiger partial charge in [0, 0.05) is 12.6 Å². The van der Waals surface area contributed by atoms with Crippen molar-refractivity contribution in [3.8, 4) is 17.2 Å². The summed E-state index contributed by atoms with van der Waals surface area (Å²) in [5, 5.41) is 6.50. The quantitative estimate of drug-likeness (QED) is 0.410. The number of hydrogen-bond acceptors (Lipinski definition) is 4. The maximum Gasteiger partial charge on any atom is 0.191 e. The van der Waals surface area contributed by atoms with Gasteiger partial charge in [0.05, 0.1) is 27.3 Å². The summed E-state index contributed by atoms with van der Waals surface area (Å²) in [6.07, 6.45) is 0. The molecule has 2 aromatic carbocycles. The van der Waals surface area contributed by atoms with Gasteiger partial charge in [0.1, 0.15) is 23.9 Å². The van der Waals surface area contributed by atoms with Gasteiger partial charge in [0.25, 0.3) is 0 Å². The van der Waals surface area contributed by atoms with Gasteiger partial charge in [-0.1, -0.05) is 18.2 Å². The van der Waals surface area contributed by atoms with E-state index in [0.717, 1.165) is 35.3 Å². The zero-order chi connectivity index (χ0) is 18.6. The third-order valence-corrected chi connectivity index (χ3v) is 3.60. The van der Waals surface area contributed by atoms with Crippen molar-refractivity contribution in [2.24, 2.45) is 4.99 Å². The average molecular weight is 357 g/mol. The monoisotopic (exact) mass is 357 g/mol. The Morgan fingerprint density at radius 3 is 2.35 bits per heavy atom. The van der Waals surface area contributed by atoms with Crippen molar-refractivity contribution in [1.82, 2.24) is 10.6 Å².